The van der Waals surface area contributed by atoms with Crippen molar-refractivity contribution in [1.29, 1.82) is 0 Å². The zero-order chi connectivity index (χ0) is 11.5. The van der Waals surface area contributed by atoms with Crippen LogP contribution in [-0.2, 0) is 9.53 Å². The molecule has 1 N–H and O–H groups in total. The fourth-order valence-corrected chi connectivity index (χ4v) is 2.46. The first-order valence-corrected chi connectivity index (χ1v) is 6.18. The zero-order valence-electron chi connectivity index (χ0n) is 10.2. The van der Waals surface area contributed by atoms with Gasteiger partial charge < -0.3 is 15.0 Å². The maximum absolute atomic E-state index is 11.5. The SMILES string of the molecule is COC(=O)C1CC(NCC2CC2)CN(C)C1. The van der Waals surface area contributed by atoms with Crippen LogP contribution in [0.15, 0.2) is 0 Å². The first-order valence-electron chi connectivity index (χ1n) is 6.18. The maximum Gasteiger partial charge on any atom is 0.310 e. The molecule has 0 aromatic heterocycles. The largest absolute Gasteiger partial charge is 0.469 e. The molecule has 1 heterocycles. The standard InChI is InChI=1S/C12H22N2O2/c1-14-7-10(12(15)16-2)5-11(8-14)13-6-9-3-4-9/h9-11,13H,3-8H2,1-2H3. The van der Waals surface area contributed by atoms with Gasteiger partial charge in [-0.15, -0.1) is 0 Å². The second-order valence-electron chi connectivity index (χ2n) is 5.23. The molecule has 2 aliphatic rings. The number of nitrogens with one attached hydrogen (secondary N) is 1. The van der Waals surface area contributed by atoms with Gasteiger partial charge >= 0.3 is 5.97 Å². The monoisotopic (exact) mass is 226 g/mol. The highest BCUT2D eigenvalue weighted by molar-refractivity contribution is 5.72. The van der Waals surface area contributed by atoms with Crippen LogP contribution in [-0.4, -0.2) is 50.7 Å². The van der Waals surface area contributed by atoms with Crippen LogP contribution in [0.1, 0.15) is 19.3 Å². The second kappa shape index (κ2) is 5.15. The van der Waals surface area contributed by atoms with Crippen LogP contribution in [0.3, 0.4) is 0 Å². The molecule has 2 rings (SSSR count). The summed E-state index contributed by atoms with van der Waals surface area (Å²) in [6.45, 7) is 2.99. The molecule has 1 aliphatic carbocycles. The third kappa shape index (κ3) is 3.19. The van der Waals surface area contributed by atoms with E-state index in [0.717, 1.165) is 32.0 Å². The number of piperidine rings is 1. The van der Waals surface area contributed by atoms with Crippen LogP contribution >= 0.6 is 0 Å². The topological polar surface area (TPSA) is 41.6 Å². The molecule has 4 heteroatoms. The number of likely N-dealkylation sites (tertiary alicyclic amines) is 1. The van der Waals surface area contributed by atoms with E-state index < -0.39 is 0 Å². The molecular formula is C12H22N2O2. The Balaban J connectivity index is 1.80. The summed E-state index contributed by atoms with van der Waals surface area (Å²) in [6.07, 6.45) is 3.66. The van der Waals surface area contributed by atoms with Crippen molar-refractivity contribution in [3.63, 3.8) is 0 Å². The lowest BCUT2D eigenvalue weighted by Crippen LogP contribution is -2.50. The zero-order valence-corrected chi connectivity index (χ0v) is 10.2. The van der Waals surface area contributed by atoms with E-state index in [0.29, 0.717) is 6.04 Å². The van der Waals surface area contributed by atoms with Crippen molar-refractivity contribution in [3.05, 3.63) is 0 Å². The van der Waals surface area contributed by atoms with Gasteiger partial charge in [0, 0.05) is 19.1 Å². The first kappa shape index (κ1) is 11.9. The molecule has 0 bridgehead atoms. The summed E-state index contributed by atoms with van der Waals surface area (Å²) in [7, 11) is 3.55. The third-order valence-corrected chi connectivity index (χ3v) is 3.56. The Morgan fingerprint density at radius 3 is 2.81 bits per heavy atom. The lowest BCUT2D eigenvalue weighted by atomic mass is 9.94. The fraction of sp³-hybridized carbons (Fsp3) is 0.917. The van der Waals surface area contributed by atoms with E-state index >= 15 is 0 Å². The summed E-state index contributed by atoms with van der Waals surface area (Å²) in [5, 5.41) is 3.57. The maximum atomic E-state index is 11.5. The van der Waals surface area contributed by atoms with Crippen molar-refractivity contribution >= 4 is 5.97 Å². The number of ether oxygens (including phenoxy) is 1. The predicted molar refractivity (Wildman–Crippen MR) is 62.1 cm³/mol. The van der Waals surface area contributed by atoms with Crippen molar-refractivity contribution in [2.24, 2.45) is 11.8 Å². The molecule has 92 valence electrons. The average Bonchev–Trinajstić information content (AvgIpc) is 3.08. The third-order valence-electron chi connectivity index (χ3n) is 3.56. The fourth-order valence-electron chi connectivity index (χ4n) is 2.46. The quantitative estimate of drug-likeness (QED) is 0.708. The summed E-state index contributed by atoms with van der Waals surface area (Å²) in [5.74, 6) is 0.869. The van der Waals surface area contributed by atoms with E-state index in [9.17, 15) is 4.79 Å². The van der Waals surface area contributed by atoms with Crippen LogP contribution in [0.2, 0.25) is 0 Å². The van der Waals surface area contributed by atoms with Gasteiger partial charge in [-0.3, -0.25) is 4.79 Å². The van der Waals surface area contributed by atoms with E-state index in [4.69, 9.17) is 4.74 Å². The molecule has 2 atom stereocenters. The van der Waals surface area contributed by atoms with E-state index in [1.165, 1.54) is 20.0 Å². The minimum Gasteiger partial charge on any atom is -0.469 e. The van der Waals surface area contributed by atoms with Gasteiger partial charge in [0.1, 0.15) is 0 Å². The normalized spacial score (nSPS) is 31.4. The van der Waals surface area contributed by atoms with Crippen LogP contribution in [0.4, 0.5) is 0 Å². The van der Waals surface area contributed by atoms with Crippen molar-refractivity contribution in [2.75, 3.05) is 33.8 Å². The highest BCUT2D eigenvalue weighted by Gasteiger charge is 2.31. The molecule has 2 unspecified atom stereocenters. The van der Waals surface area contributed by atoms with Crippen molar-refractivity contribution in [3.8, 4) is 0 Å². The van der Waals surface area contributed by atoms with Gasteiger partial charge in [-0.1, -0.05) is 0 Å². The molecule has 16 heavy (non-hydrogen) atoms. The number of hydrogen-bond donors (Lipinski definition) is 1. The molecule has 0 spiro atoms. The Morgan fingerprint density at radius 2 is 2.19 bits per heavy atom. The Kier molecular flexibility index (Phi) is 3.82. The van der Waals surface area contributed by atoms with E-state index in [1.54, 1.807) is 0 Å². The number of carbonyl (C=O) groups is 1. The van der Waals surface area contributed by atoms with E-state index in [1.807, 2.05) is 0 Å². The van der Waals surface area contributed by atoms with Crippen molar-refractivity contribution < 1.29 is 9.53 Å². The highest BCUT2D eigenvalue weighted by atomic mass is 16.5. The predicted octanol–water partition coefficient (Wildman–Crippen LogP) is 0.479. The molecule has 2 fully saturated rings. The minimum absolute atomic E-state index is 0.0421. The molecule has 1 saturated heterocycles. The summed E-state index contributed by atoms with van der Waals surface area (Å²) < 4.78 is 4.83. The molecule has 0 aromatic carbocycles. The second-order valence-corrected chi connectivity index (χ2v) is 5.23. The molecule has 1 aliphatic heterocycles. The van der Waals surface area contributed by atoms with Crippen LogP contribution in [0.5, 0.6) is 0 Å². The summed E-state index contributed by atoms with van der Waals surface area (Å²) in [4.78, 5) is 13.7. The molecule has 0 aromatic rings. The molecule has 0 amide bonds. The number of esters is 1. The number of likely N-dealkylation sites (N-methyl/N-ethyl adjacent to an activating group) is 1. The van der Waals surface area contributed by atoms with Crippen LogP contribution in [0.25, 0.3) is 0 Å². The van der Waals surface area contributed by atoms with Gasteiger partial charge in [-0.25, -0.2) is 0 Å². The molecule has 1 saturated carbocycles. The first-order chi connectivity index (χ1) is 7.69. The lowest BCUT2D eigenvalue weighted by molar-refractivity contribution is -0.147. The summed E-state index contributed by atoms with van der Waals surface area (Å²) >= 11 is 0. The number of methoxy groups -OCH3 is 1. The molecule has 4 nitrogen and oxygen atoms in total. The van der Waals surface area contributed by atoms with Gasteiger partial charge in [0.05, 0.1) is 13.0 Å². The Labute approximate surface area is 97.3 Å². The van der Waals surface area contributed by atoms with Crippen LogP contribution < -0.4 is 5.32 Å². The van der Waals surface area contributed by atoms with Gasteiger partial charge in [0.15, 0.2) is 0 Å². The van der Waals surface area contributed by atoms with Crippen molar-refractivity contribution in [1.82, 2.24) is 10.2 Å². The van der Waals surface area contributed by atoms with Crippen molar-refractivity contribution in [2.45, 2.75) is 25.3 Å². The lowest BCUT2D eigenvalue weighted by Gasteiger charge is -2.34. The summed E-state index contributed by atoms with van der Waals surface area (Å²) in [5.41, 5.74) is 0. The molecular weight excluding hydrogens is 204 g/mol. The van der Waals surface area contributed by atoms with E-state index in [2.05, 4.69) is 17.3 Å². The van der Waals surface area contributed by atoms with Gasteiger partial charge in [0.2, 0.25) is 0 Å². The highest BCUT2D eigenvalue weighted by Crippen LogP contribution is 2.28. The number of carbonyl (C=O) groups excluding carboxylic acids is 1. The van der Waals surface area contributed by atoms with Gasteiger partial charge in [-0.05, 0) is 38.8 Å². The van der Waals surface area contributed by atoms with Gasteiger partial charge in [-0.2, -0.15) is 0 Å². The summed E-state index contributed by atoms with van der Waals surface area (Å²) in [6, 6.07) is 0.448. The average molecular weight is 226 g/mol. The minimum atomic E-state index is -0.0650. The number of rotatable bonds is 4. The van der Waals surface area contributed by atoms with Crippen LogP contribution in [0, 0.1) is 11.8 Å². The number of hydrogen-bond acceptors (Lipinski definition) is 4. The van der Waals surface area contributed by atoms with E-state index in [-0.39, 0.29) is 11.9 Å². The Bertz CT molecular complexity index is 253. The molecule has 0 radical (unpaired) electrons. The number of nitrogens with zero attached hydrogens (tertiary/aromatic N) is 1. The Morgan fingerprint density at radius 1 is 1.44 bits per heavy atom. The van der Waals surface area contributed by atoms with Gasteiger partial charge in [0.25, 0.3) is 0 Å². The Hall–Kier alpha value is -0.610. The smallest absolute Gasteiger partial charge is 0.310 e.